The van der Waals surface area contributed by atoms with Gasteiger partial charge in [-0.15, -0.1) is 0 Å². The van der Waals surface area contributed by atoms with Crippen LogP contribution in [0.1, 0.15) is 52.4 Å². The minimum atomic E-state index is -0.241. The summed E-state index contributed by atoms with van der Waals surface area (Å²) < 4.78 is 0. The molecule has 1 aliphatic carbocycles. The highest BCUT2D eigenvalue weighted by molar-refractivity contribution is 4.86. The van der Waals surface area contributed by atoms with Gasteiger partial charge in [-0.25, -0.2) is 0 Å². The molecule has 0 aromatic heterocycles. The molecule has 1 nitrogen and oxygen atoms in total. The normalized spacial score (nSPS) is 21.8. The van der Waals surface area contributed by atoms with Crippen LogP contribution in [-0.4, -0.2) is 10.7 Å². The fourth-order valence-electron chi connectivity index (χ4n) is 1.67. The Balaban J connectivity index is 2.02. The molecule has 11 heavy (non-hydrogen) atoms. The van der Waals surface area contributed by atoms with E-state index in [0.29, 0.717) is 0 Å². The fraction of sp³-hybridized carbons (Fsp3) is 1.00. The zero-order valence-corrected chi connectivity index (χ0v) is 7.77. The first-order valence-corrected chi connectivity index (χ1v) is 4.85. The topological polar surface area (TPSA) is 20.2 Å². The van der Waals surface area contributed by atoms with E-state index in [-0.39, 0.29) is 5.60 Å². The molecular formula is C10H20O. The van der Waals surface area contributed by atoms with Crippen LogP contribution in [0, 0.1) is 5.92 Å². The molecule has 66 valence electrons. The van der Waals surface area contributed by atoms with Crippen LogP contribution in [0.4, 0.5) is 0 Å². The summed E-state index contributed by atoms with van der Waals surface area (Å²) in [4.78, 5) is 0. The summed E-state index contributed by atoms with van der Waals surface area (Å²) in [5.41, 5.74) is -0.241. The van der Waals surface area contributed by atoms with Crippen LogP contribution >= 0.6 is 0 Å². The molecular weight excluding hydrogens is 136 g/mol. The Labute approximate surface area is 69.8 Å². The lowest BCUT2D eigenvalue weighted by atomic mass is 9.76. The third-order valence-corrected chi connectivity index (χ3v) is 2.71. The van der Waals surface area contributed by atoms with E-state index < -0.39 is 0 Å². The molecule has 0 atom stereocenters. The van der Waals surface area contributed by atoms with Gasteiger partial charge in [-0.1, -0.05) is 26.7 Å². The monoisotopic (exact) mass is 156 g/mol. The van der Waals surface area contributed by atoms with Crippen LogP contribution in [0.2, 0.25) is 0 Å². The standard InChI is InChI=1S/C10H20O/c1-9(2)5-3-6-10(11)7-4-8-10/h9,11H,3-8H2,1-2H3. The Morgan fingerprint density at radius 3 is 2.36 bits per heavy atom. The third-order valence-electron chi connectivity index (χ3n) is 2.71. The van der Waals surface area contributed by atoms with Crippen molar-refractivity contribution in [2.75, 3.05) is 0 Å². The van der Waals surface area contributed by atoms with Crippen molar-refractivity contribution >= 4 is 0 Å². The van der Waals surface area contributed by atoms with Gasteiger partial charge >= 0.3 is 0 Å². The summed E-state index contributed by atoms with van der Waals surface area (Å²) in [6.45, 7) is 4.48. The second-order valence-corrected chi connectivity index (χ2v) is 4.36. The summed E-state index contributed by atoms with van der Waals surface area (Å²) in [5, 5.41) is 9.72. The Hall–Kier alpha value is -0.0400. The van der Waals surface area contributed by atoms with Gasteiger partial charge in [0.2, 0.25) is 0 Å². The van der Waals surface area contributed by atoms with E-state index in [0.717, 1.165) is 25.2 Å². The summed E-state index contributed by atoms with van der Waals surface area (Å²) >= 11 is 0. The molecule has 0 aliphatic heterocycles. The second kappa shape index (κ2) is 3.57. The van der Waals surface area contributed by atoms with E-state index >= 15 is 0 Å². The molecule has 0 aromatic rings. The molecule has 1 rings (SSSR count). The van der Waals surface area contributed by atoms with Gasteiger partial charge in [0, 0.05) is 0 Å². The minimum absolute atomic E-state index is 0.241. The maximum atomic E-state index is 9.72. The fourth-order valence-corrected chi connectivity index (χ4v) is 1.67. The lowest BCUT2D eigenvalue weighted by molar-refractivity contribution is -0.0423. The average molecular weight is 156 g/mol. The zero-order chi connectivity index (χ0) is 8.32. The van der Waals surface area contributed by atoms with Crippen molar-refractivity contribution in [1.29, 1.82) is 0 Å². The Kier molecular flexibility index (Phi) is 2.94. The predicted octanol–water partition coefficient (Wildman–Crippen LogP) is 2.73. The molecule has 1 saturated carbocycles. The maximum absolute atomic E-state index is 9.72. The van der Waals surface area contributed by atoms with E-state index in [1.807, 2.05) is 0 Å². The van der Waals surface area contributed by atoms with Crippen molar-refractivity contribution in [3.63, 3.8) is 0 Å². The summed E-state index contributed by atoms with van der Waals surface area (Å²) in [6, 6.07) is 0. The van der Waals surface area contributed by atoms with Crippen molar-refractivity contribution < 1.29 is 5.11 Å². The van der Waals surface area contributed by atoms with Crippen molar-refractivity contribution in [1.82, 2.24) is 0 Å². The molecule has 0 amide bonds. The number of hydrogen-bond donors (Lipinski definition) is 1. The smallest absolute Gasteiger partial charge is 0.0647 e. The van der Waals surface area contributed by atoms with Gasteiger partial charge in [0.05, 0.1) is 5.60 Å². The largest absolute Gasteiger partial charge is 0.390 e. The van der Waals surface area contributed by atoms with Crippen LogP contribution in [0.3, 0.4) is 0 Å². The first-order chi connectivity index (χ1) is 5.12. The number of hydrogen-bond acceptors (Lipinski definition) is 1. The van der Waals surface area contributed by atoms with Crippen LogP contribution < -0.4 is 0 Å². The van der Waals surface area contributed by atoms with Gasteiger partial charge in [-0.05, 0) is 31.6 Å². The zero-order valence-electron chi connectivity index (χ0n) is 7.77. The van der Waals surface area contributed by atoms with Crippen LogP contribution in [0.5, 0.6) is 0 Å². The molecule has 0 unspecified atom stereocenters. The van der Waals surface area contributed by atoms with Crippen LogP contribution in [0.25, 0.3) is 0 Å². The van der Waals surface area contributed by atoms with Gasteiger partial charge < -0.3 is 5.11 Å². The van der Waals surface area contributed by atoms with E-state index in [9.17, 15) is 5.11 Å². The van der Waals surface area contributed by atoms with E-state index in [1.165, 1.54) is 19.3 Å². The highest BCUT2D eigenvalue weighted by atomic mass is 16.3. The molecule has 0 spiro atoms. The van der Waals surface area contributed by atoms with E-state index in [1.54, 1.807) is 0 Å². The highest BCUT2D eigenvalue weighted by Gasteiger charge is 2.33. The molecule has 0 radical (unpaired) electrons. The Morgan fingerprint density at radius 1 is 1.36 bits per heavy atom. The molecule has 0 aromatic carbocycles. The van der Waals surface area contributed by atoms with Crippen molar-refractivity contribution in [3.05, 3.63) is 0 Å². The molecule has 1 aliphatic rings. The SMILES string of the molecule is CC(C)CCCC1(O)CCC1. The van der Waals surface area contributed by atoms with Crippen molar-refractivity contribution in [2.24, 2.45) is 5.92 Å². The first kappa shape index (κ1) is 9.05. The van der Waals surface area contributed by atoms with Gasteiger partial charge in [0.1, 0.15) is 0 Å². The second-order valence-electron chi connectivity index (χ2n) is 4.36. The lowest BCUT2D eigenvalue weighted by Crippen LogP contribution is -2.36. The Bertz CT molecular complexity index is 114. The summed E-state index contributed by atoms with van der Waals surface area (Å²) in [7, 11) is 0. The number of aliphatic hydroxyl groups is 1. The number of rotatable bonds is 4. The van der Waals surface area contributed by atoms with Crippen molar-refractivity contribution in [2.45, 2.75) is 58.0 Å². The van der Waals surface area contributed by atoms with Crippen LogP contribution in [0.15, 0.2) is 0 Å². The Morgan fingerprint density at radius 2 is 2.00 bits per heavy atom. The van der Waals surface area contributed by atoms with Gasteiger partial charge in [0.25, 0.3) is 0 Å². The van der Waals surface area contributed by atoms with Gasteiger partial charge in [-0.2, -0.15) is 0 Å². The molecule has 0 heterocycles. The molecule has 1 heteroatoms. The molecule has 0 bridgehead atoms. The molecule has 1 fully saturated rings. The van der Waals surface area contributed by atoms with E-state index in [4.69, 9.17) is 0 Å². The third kappa shape index (κ3) is 2.82. The average Bonchev–Trinajstić information content (AvgIpc) is 1.83. The molecule has 0 saturated heterocycles. The lowest BCUT2D eigenvalue weighted by Gasteiger charge is -2.36. The summed E-state index contributed by atoms with van der Waals surface area (Å²) in [5.74, 6) is 0.790. The highest BCUT2D eigenvalue weighted by Crippen LogP contribution is 2.36. The maximum Gasteiger partial charge on any atom is 0.0647 e. The van der Waals surface area contributed by atoms with Gasteiger partial charge in [-0.3, -0.25) is 0 Å². The summed E-state index contributed by atoms with van der Waals surface area (Å²) in [6.07, 6.45) is 6.83. The minimum Gasteiger partial charge on any atom is -0.390 e. The van der Waals surface area contributed by atoms with E-state index in [2.05, 4.69) is 13.8 Å². The quantitative estimate of drug-likeness (QED) is 0.663. The van der Waals surface area contributed by atoms with Crippen LogP contribution in [-0.2, 0) is 0 Å². The van der Waals surface area contributed by atoms with Crippen molar-refractivity contribution in [3.8, 4) is 0 Å². The predicted molar refractivity (Wildman–Crippen MR) is 47.5 cm³/mol. The first-order valence-electron chi connectivity index (χ1n) is 4.85. The molecule has 1 N–H and O–H groups in total. The van der Waals surface area contributed by atoms with Gasteiger partial charge in [0.15, 0.2) is 0 Å².